The molecule has 0 aliphatic carbocycles. The monoisotopic (exact) mass is 472 g/mol. The molecule has 2 aromatic carbocycles. The first-order chi connectivity index (χ1) is 16.0. The maximum absolute atomic E-state index is 12.5. The molecule has 0 fully saturated rings. The Hall–Kier alpha value is -4.19. The Morgan fingerprint density at radius 3 is 2.65 bits per heavy atom. The van der Waals surface area contributed by atoms with Gasteiger partial charge in [0.1, 0.15) is 23.1 Å². The highest BCUT2D eigenvalue weighted by molar-refractivity contribution is 5.95. The van der Waals surface area contributed by atoms with E-state index < -0.39 is 24.1 Å². The summed E-state index contributed by atoms with van der Waals surface area (Å²) in [4.78, 5) is 20.8. The molecule has 12 heteroatoms. The van der Waals surface area contributed by atoms with E-state index in [0.29, 0.717) is 28.1 Å². The van der Waals surface area contributed by atoms with Gasteiger partial charge in [-0.3, -0.25) is 4.79 Å². The Kier molecular flexibility index (Phi) is 5.83. The molecule has 0 radical (unpaired) electrons. The second-order valence-corrected chi connectivity index (χ2v) is 7.47. The van der Waals surface area contributed by atoms with Crippen molar-refractivity contribution in [2.45, 2.75) is 26.3 Å². The number of hydrogen-bond acceptors (Lipinski definition) is 7. The number of aryl methyl sites for hydroxylation is 2. The van der Waals surface area contributed by atoms with Crippen molar-refractivity contribution >= 4 is 28.4 Å². The lowest BCUT2D eigenvalue weighted by Crippen LogP contribution is -2.21. The standard InChI is InChI=1S/C22H19F3N6O3/c1-11-8-14(6-7-16(11)31-18-17(12(2)30-31)27-10-28-20(18)26)29-21(33)19(32)13-4-3-5-15(9-13)34-22(23,24)25/h3-10,19,32H,1-2H3,(H,29,33)(H2,26,27,28)/t19-/m1/s1. The molecular formula is C22H19F3N6O3. The van der Waals surface area contributed by atoms with Crippen molar-refractivity contribution in [2.24, 2.45) is 0 Å². The van der Waals surface area contributed by atoms with Crippen LogP contribution in [0.2, 0.25) is 0 Å². The number of benzene rings is 2. The third-order valence-electron chi connectivity index (χ3n) is 5.00. The maximum Gasteiger partial charge on any atom is 0.573 e. The van der Waals surface area contributed by atoms with Crippen LogP contribution in [-0.4, -0.2) is 37.1 Å². The predicted octanol–water partition coefficient (Wildman–Crippen LogP) is 3.59. The number of aliphatic hydroxyl groups excluding tert-OH is 1. The van der Waals surface area contributed by atoms with Crippen LogP contribution in [0.5, 0.6) is 5.75 Å². The lowest BCUT2D eigenvalue weighted by Gasteiger charge is -2.15. The van der Waals surface area contributed by atoms with Crippen molar-refractivity contribution in [1.29, 1.82) is 0 Å². The SMILES string of the molecule is Cc1cc(NC(=O)[C@H](O)c2cccc(OC(F)(F)F)c2)ccc1-n1nc(C)c2ncnc(N)c21. The number of nitrogen functional groups attached to an aromatic ring is 1. The first-order valence-corrected chi connectivity index (χ1v) is 9.95. The summed E-state index contributed by atoms with van der Waals surface area (Å²) in [6, 6.07) is 9.54. The van der Waals surface area contributed by atoms with E-state index >= 15 is 0 Å². The van der Waals surface area contributed by atoms with Crippen molar-refractivity contribution in [1.82, 2.24) is 19.7 Å². The number of nitrogens with two attached hydrogens (primary N) is 1. The summed E-state index contributed by atoms with van der Waals surface area (Å²) in [6.45, 7) is 3.59. The predicted molar refractivity (Wildman–Crippen MR) is 117 cm³/mol. The number of halogens is 3. The van der Waals surface area contributed by atoms with E-state index in [-0.39, 0.29) is 11.4 Å². The Bertz CT molecular complexity index is 1390. The number of anilines is 2. The lowest BCUT2D eigenvalue weighted by atomic mass is 10.1. The summed E-state index contributed by atoms with van der Waals surface area (Å²) in [5, 5.41) is 17.4. The van der Waals surface area contributed by atoms with Gasteiger partial charge in [-0.05, 0) is 55.3 Å². The average Bonchev–Trinajstić information content (AvgIpc) is 3.10. The van der Waals surface area contributed by atoms with E-state index in [9.17, 15) is 23.1 Å². The van der Waals surface area contributed by atoms with Crippen LogP contribution in [0.25, 0.3) is 16.7 Å². The number of nitrogens with one attached hydrogen (secondary N) is 1. The van der Waals surface area contributed by atoms with E-state index in [1.807, 2.05) is 0 Å². The van der Waals surface area contributed by atoms with Gasteiger partial charge in [0.2, 0.25) is 0 Å². The molecule has 0 bridgehead atoms. The summed E-state index contributed by atoms with van der Waals surface area (Å²) in [5.41, 5.74) is 9.56. The van der Waals surface area contributed by atoms with E-state index in [2.05, 4.69) is 25.1 Å². The fourth-order valence-electron chi connectivity index (χ4n) is 3.50. The van der Waals surface area contributed by atoms with Crippen LogP contribution in [0, 0.1) is 13.8 Å². The van der Waals surface area contributed by atoms with Gasteiger partial charge in [0.05, 0.1) is 11.4 Å². The molecule has 4 rings (SSSR count). The maximum atomic E-state index is 12.5. The fourth-order valence-corrected chi connectivity index (χ4v) is 3.50. The van der Waals surface area contributed by atoms with Gasteiger partial charge in [0.15, 0.2) is 11.9 Å². The second-order valence-electron chi connectivity index (χ2n) is 7.47. The van der Waals surface area contributed by atoms with Gasteiger partial charge in [-0.25, -0.2) is 14.6 Å². The summed E-state index contributed by atoms with van der Waals surface area (Å²) >= 11 is 0. The Balaban J connectivity index is 1.56. The van der Waals surface area contributed by atoms with Gasteiger partial charge >= 0.3 is 6.36 Å². The largest absolute Gasteiger partial charge is 0.573 e. The molecule has 9 nitrogen and oxygen atoms in total. The smallest absolute Gasteiger partial charge is 0.406 e. The third-order valence-corrected chi connectivity index (χ3v) is 5.00. The minimum Gasteiger partial charge on any atom is -0.406 e. The number of ether oxygens (including phenoxy) is 1. The van der Waals surface area contributed by atoms with Crippen LogP contribution in [0.4, 0.5) is 24.7 Å². The van der Waals surface area contributed by atoms with Crippen LogP contribution in [-0.2, 0) is 4.79 Å². The quantitative estimate of drug-likeness (QED) is 0.405. The summed E-state index contributed by atoms with van der Waals surface area (Å²) in [5.74, 6) is -1.10. The summed E-state index contributed by atoms with van der Waals surface area (Å²) in [6.07, 6.45) is -5.25. The number of carbonyl (C=O) groups is 1. The zero-order chi connectivity index (χ0) is 24.6. The van der Waals surface area contributed by atoms with Crippen LogP contribution >= 0.6 is 0 Å². The number of aromatic nitrogens is 4. The van der Waals surface area contributed by atoms with Crippen molar-refractivity contribution in [2.75, 3.05) is 11.1 Å². The van der Waals surface area contributed by atoms with Gasteiger partial charge in [-0.1, -0.05) is 12.1 Å². The van der Waals surface area contributed by atoms with Crippen molar-refractivity contribution in [3.05, 3.63) is 65.6 Å². The number of aliphatic hydroxyl groups is 1. The highest BCUT2D eigenvalue weighted by Crippen LogP contribution is 2.28. The van der Waals surface area contributed by atoms with Crippen molar-refractivity contribution in [3.8, 4) is 11.4 Å². The minimum atomic E-state index is -4.89. The number of amides is 1. The van der Waals surface area contributed by atoms with E-state index in [0.717, 1.165) is 17.7 Å². The van der Waals surface area contributed by atoms with Gasteiger partial charge in [-0.2, -0.15) is 5.10 Å². The molecule has 0 spiro atoms. The molecule has 4 aromatic rings. The molecule has 0 aliphatic rings. The van der Waals surface area contributed by atoms with Gasteiger partial charge in [-0.15, -0.1) is 13.2 Å². The van der Waals surface area contributed by atoms with Crippen molar-refractivity contribution < 1.29 is 27.8 Å². The van der Waals surface area contributed by atoms with Crippen molar-refractivity contribution in [3.63, 3.8) is 0 Å². The van der Waals surface area contributed by atoms with Gasteiger partial charge in [0, 0.05) is 5.69 Å². The lowest BCUT2D eigenvalue weighted by molar-refractivity contribution is -0.274. The molecule has 2 heterocycles. The Morgan fingerprint density at radius 2 is 1.94 bits per heavy atom. The molecule has 1 atom stereocenters. The molecule has 0 aliphatic heterocycles. The Morgan fingerprint density at radius 1 is 1.18 bits per heavy atom. The van der Waals surface area contributed by atoms with Gasteiger partial charge < -0.3 is 20.9 Å². The summed E-state index contributed by atoms with van der Waals surface area (Å²) < 4.78 is 42.8. The normalized spacial score (nSPS) is 12.5. The van der Waals surface area contributed by atoms with Crippen LogP contribution < -0.4 is 15.8 Å². The molecule has 0 saturated carbocycles. The second kappa shape index (κ2) is 8.63. The third kappa shape index (κ3) is 4.62. The number of hydrogen-bond donors (Lipinski definition) is 3. The topological polar surface area (TPSA) is 128 Å². The highest BCUT2D eigenvalue weighted by Gasteiger charge is 2.31. The van der Waals surface area contributed by atoms with E-state index in [1.54, 1.807) is 36.7 Å². The zero-order valence-electron chi connectivity index (χ0n) is 18.0. The minimum absolute atomic E-state index is 0.0541. The van der Waals surface area contributed by atoms with E-state index in [4.69, 9.17) is 5.73 Å². The number of alkyl halides is 3. The zero-order valence-corrected chi connectivity index (χ0v) is 18.0. The van der Waals surface area contributed by atoms with Gasteiger partial charge in [0.25, 0.3) is 5.91 Å². The molecule has 176 valence electrons. The summed E-state index contributed by atoms with van der Waals surface area (Å²) in [7, 11) is 0. The highest BCUT2D eigenvalue weighted by atomic mass is 19.4. The van der Waals surface area contributed by atoms with E-state index in [1.165, 1.54) is 18.5 Å². The number of nitrogens with zero attached hydrogens (tertiary/aromatic N) is 4. The molecule has 1 amide bonds. The van der Waals surface area contributed by atoms with Crippen LogP contribution in [0.15, 0.2) is 48.8 Å². The Labute approximate surface area is 191 Å². The number of carbonyl (C=O) groups excluding carboxylic acids is 1. The number of fused-ring (bicyclic) bond motifs is 1. The average molecular weight is 472 g/mol. The molecule has 34 heavy (non-hydrogen) atoms. The van der Waals surface area contributed by atoms with Crippen LogP contribution in [0.3, 0.4) is 0 Å². The first kappa shape index (κ1) is 23.0. The molecule has 4 N–H and O–H groups in total. The first-order valence-electron chi connectivity index (χ1n) is 9.95. The molecule has 2 aromatic heterocycles. The number of rotatable bonds is 5. The molecule has 0 unspecified atom stereocenters. The van der Waals surface area contributed by atoms with Crippen LogP contribution in [0.1, 0.15) is 22.9 Å². The molecule has 0 saturated heterocycles. The fraction of sp³-hybridized carbons (Fsp3) is 0.182. The molecular weight excluding hydrogens is 453 g/mol.